The molecule has 0 radical (unpaired) electrons. The molecule has 71 heavy (non-hydrogen) atoms. The third-order valence-electron chi connectivity index (χ3n) is 11.9. The molecule has 5 rings (SSSR count). The first-order valence-electron chi connectivity index (χ1n) is 22.3. The summed E-state index contributed by atoms with van der Waals surface area (Å²) in [5.41, 5.74) is -3.61. The first-order valence-corrected chi connectivity index (χ1v) is 27.4. The normalized spacial score (nSPS) is 32.9. The average Bonchev–Trinajstić information content (AvgIpc) is 4.03. The van der Waals surface area contributed by atoms with Crippen molar-refractivity contribution in [3.05, 3.63) is 47.3 Å². The van der Waals surface area contributed by atoms with Gasteiger partial charge in [0.25, 0.3) is 0 Å². The fourth-order valence-corrected chi connectivity index (χ4v) is 13.1. The smallest absolute Gasteiger partial charge is 1.00 e. The van der Waals surface area contributed by atoms with Crippen molar-refractivity contribution in [2.24, 2.45) is 41.4 Å². The Labute approximate surface area is 451 Å². The molecule has 13 atom stereocenters. The Kier molecular flexibility index (Phi) is 25.2. The third kappa shape index (κ3) is 16.3. The second-order valence-corrected chi connectivity index (χ2v) is 23.8. The van der Waals surface area contributed by atoms with Gasteiger partial charge in [-0.3, -0.25) is 31.8 Å². The number of nitrogens with zero attached hydrogens (tertiary/aromatic N) is 4. The van der Waals surface area contributed by atoms with E-state index < -0.39 is 107 Å². The first-order chi connectivity index (χ1) is 32.2. The van der Waals surface area contributed by atoms with E-state index in [4.69, 9.17) is 38.4 Å². The zero-order valence-corrected chi connectivity index (χ0v) is 48.6. The molecule has 1 aromatic rings. The second-order valence-electron chi connectivity index (χ2n) is 18.6. The number of esters is 3. The zero-order valence-electron chi connectivity index (χ0n) is 43.6. The molecule has 3 N–H and O–H groups in total. The molecule has 0 spiro atoms. The van der Waals surface area contributed by atoms with Crippen molar-refractivity contribution in [2.45, 2.75) is 143 Å². The molecule has 4 fully saturated rings. The number of ether oxygens (including phenoxy) is 3. The number of fused-ring (bicyclic) bond motifs is 1. The van der Waals surface area contributed by atoms with E-state index >= 15 is 0 Å². The largest absolute Gasteiger partial charge is 1.00 e. The number of nitriles is 2. The summed E-state index contributed by atoms with van der Waals surface area (Å²) >= 11 is 3.37. The van der Waals surface area contributed by atoms with Crippen LogP contribution in [0, 0.1) is 70.7 Å². The molecule has 0 saturated carbocycles. The number of nitrogens with one attached hydrogen (secondary N) is 2. The van der Waals surface area contributed by atoms with Crippen LogP contribution in [0.15, 0.2) is 30.3 Å². The molecule has 4 heterocycles. The summed E-state index contributed by atoms with van der Waals surface area (Å²) in [5, 5.41) is 27.9. The van der Waals surface area contributed by atoms with Crippen LogP contribution in [0.1, 0.15) is 97.0 Å². The van der Waals surface area contributed by atoms with Gasteiger partial charge in [0.2, 0.25) is 6.10 Å². The van der Waals surface area contributed by atoms with Crippen molar-refractivity contribution in [3.63, 3.8) is 0 Å². The number of alkyl halides is 1. The molecular weight excluding hydrogens is 1070 g/mol. The van der Waals surface area contributed by atoms with E-state index in [2.05, 4.69) is 30.2 Å². The summed E-state index contributed by atoms with van der Waals surface area (Å²) in [6, 6.07) is 13.0. The Morgan fingerprint density at radius 2 is 1.17 bits per heavy atom. The summed E-state index contributed by atoms with van der Waals surface area (Å²) in [4.78, 5) is 37.0. The SMILES string of the molecule is CC(=O)O[C@@H]1[C@@H](C)COS(=O)(=O)N[C@@]1(C#N)[C@@H](Br)C(C)C.CC(=O)O[C@@H]1[C@@H](C)COS(=O)(=O)N[C@@]1(C#N)[C@@H](C)C(C)C.OCc1ccccc1.[C-]#[N+][C@]12[C@H](OC(C)=O)[C@@H](C)COS(=O)(=O)N1[C@@H]2C(C)C.[H-].[Na+]. The fraction of sp³-hybridized carbons (Fsp3) is 0.727. The molecule has 4 aliphatic heterocycles. The van der Waals surface area contributed by atoms with Crippen molar-refractivity contribution in [1.29, 1.82) is 10.5 Å². The van der Waals surface area contributed by atoms with Gasteiger partial charge in [-0.2, -0.15) is 45.2 Å². The number of hydrogen-bond donors (Lipinski definition) is 3. The number of halogens is 1. The molecular formula is C44H68BrN6NaO16S3. The number of aliphatic hydroxyl groups excluding tert-OH is 1. The van der Waals surface area contributed by atoms with E-state index in [1.807, 2.05) is 84.0 Å². The summed E-state index contributed by atoms with van der Waals surface area (Å²) in [7, 11) is -12.2. The second kappa shape index (κ2) is 27.1. The molecule has 22 nitrogen and oxygen atoms in total. The van der Waals surface area contributed by atoms with Crippen LogP contribution in [-0.4, -0.2) is 118 Å². The Morgan fingerprint density at radius 1 is 0.775 bits per heavy atom. The van der Waals surface area contributed by atoms with Gasteiger partial charge in [-0.05, 0) is 29.2 Å². The van der Waals surface area contributed by atoms with Crippen LogP contribution in [-0.2, 0) is 78.7 Å². The van der Waals surface area contributed by atoms with E-state index in [9.17, 15) is 50.2 Å². The molecule has 4 saturated heterocycles. The van der Waals surface area contributed by atoms with E-state index in [0.717, 1.165) is 9.87 Å². The molecule has 1 unspecified atom stereocenters. The number of carbonyl (C=O) groups excluding carboxylic acids is 3. The monoisotopic (exact) mass is 1130 g/mol. The van der Waals surface area contributed by atoms with Gasteiger partial charge in [0.15, 0.2) is 11.1 Å². The van der Waals surface area contributed by atoms with E-state index in [1.54, 1.807) is 27.7 Å². The van der Waals surface area contributed by atoms with Gasteiger partial charge >= 0.3 is 84.0 Å². The average molecular weight is 1140 g/mol. The standard InChI is InChI=1S/C13H22N2O5S.C12H19BrN2O5S.C12H18N2O5S.C7H8O.Na.H/c1-8(2)10(4)13(7-14)12(20-11(5)16)9(3)6-19-21(17,18)15-13;1-7(2)10(13)12(6-14)11(20-9(4)16)8(3)5-19-21(17,18)15-12;1-7(2)10-12(13-5)11(19-9(4)15)8(3)6-18-20(16,17)14(10)12;8-6-7-4-2-1-3-5-7;;/h8-10,12,15H,6H2,1-5H3;7-8,10-11,15H,5H2,1-4H3;7-8,10-11H,6H2,1-4H3;1-5,8H,6H2;;/q;;;;+1;-1/t9-,10-,12+,13-;8-,10-,11+,12-;8-,10+,11+,12-,14?;;;/m000.../s1. The summed E-state index contributed by atoms with van der Waals surface area (Å²) < 4.78 is 108. The van der Waals surface area contributed by atoms with Crippen LogP contribution >= 0.6 is 15.9 Å². The molecule has 0 amide bonds. The van der Waals surface area contributed by atoms with Crippen LogP contribution in [0.25, 0.3) is 4.85 Å². The van der Waals surface area contributed by atoms with Gasteiger partial charge in [0, 0.05) is 38.5 Å². The van der Waals surface area contributed by atoms with Gasteiger partial charge in [-0.25, -0.2) is 6.57 Å². The first kappa shape index (κ1) is 66.2. The van der Waals surface area contributed by atoms with E-state index in [0.29, 0.717) is 0 Å². The summed E-state index contributed by atoms with van der Waals surface area (Å²) in [5.74, 6) is -3.53. The maximum Gasteiger partial charge on any atom is 1.00 e. The van der Waals surface area contributed by atoms with Crippen LogP contribution < -0.4 is 39.0 Å². The fourth-order valence-electron chi connectivity index (χ4n) is 8.35. The van der Waals surface area contributed by atoms with Crippen LogP contribution in [0.2, 0.25) is 0 Å². The maximum atomic E-state index is 12.1. The van der Waals surface area contributed by atoms with Gasteiger partial charge < -0.3 is 20.7 Å². The van der Waals surface area contributed by atoms with Crippen molar-refractivity contribution in [1.82, 2.24) is 13.7 Å². The molecule has 396 valence electrons. The topological polar surface area (TPSA) is 308 Å². The Hall–Kier alpha value is -2.85. The van der Waals surface area contributed by atoms with Crippen LogP contribution in [0.5, 0.6) is 0 Å². The number of benzene rings is 1. The van der Waals surface area contributed by atoms with E-state index in [-0.39, 0.29) is 87.0 Å². The Morgan fingerprint density at radius 3 is 1.52 bits per heavy atom. The summed E-state index contributed by atoms with van der Waals surface area (Å²) in [6.45, 7) is 28.8. The minimum atomic E-state index is -4.11. The minimum absolute atomic E-state index is 0. The van der Waals surface area contributed by atoms with Crippen molar-refractivity contribution in [2.75, 3.05) is 19.8 Å². The molecule has 27 heteroatoms. The molecule has 0 bridgehead atoms. The van der Waals surface area contributed by atoms with Crippen LogP contribution in [0.4, 0.5) is 0 Å². The third-order valence-corrected chi connectivity index (χ3v) is 17.2. The maximum absolute atomic E-state index is 12.1. The minimum Gasteiger partial charge on any atom is -1.00 e. The van der Waals surface area contributed by atoms with E-state index in [1.165, 1.54) is 20.8 Å². The Balaban J connectivity index is 0.000000960. The van der Waals surface area contributed by atoms with Crippen molar-refractivity contribution in [3.8, 4) is 12.1 Å². The molecule has 0 aromatic heterocycles. The van der Waals surface area contributed by atoms with Gasteiger partial charge in [0.05, 0.1) is 43.4 Å². The quantitative estimate of drug-likeness (QED) is 0.0780. The van der Waals surface area contributed by atoms with Gasteiger partial charge in [-0.1, -0.05) is 120 Å². The number of aliphatic hydroxyl groups is 1. The Bertz CT molecular complexity index is 2370. The summed E-state index contributed by atoms with van der Waals surface area (Å²) in [6.07, 6.45) is -2.71. The molecule has 0 aliphatic carbocycles. The zero-order chi connectivity index (χ0) is 54.0. The predicted octanol–water partition coefficient (Wildman–Crippen LogP) is 1.15. The predicted molar refractivity (Wildman–Crippen MR) is 257 cm³/mol. The van der Waals surface area contributed by atoms with Gasteiger partial charge in [-0.15, -0.1) is 0 Å². The van der Waals surface area contributed by atoms with Crippen LogP contribution in [0.3, 0.4) is 0 Å². The number of carbonyl (C=O) groups is 3. The van der Waals surface area contributed by atoms with Gasteiger partial charge in [0.1, 0.15) is 18.2 Å². The molecule has 1 aromatic carbocycles. The van der Waals surface area contributed by atoms with Crippen molar-refractivity contribution < 1.29 is 102 Å². The van der Waals surface area contributed by atoms with Crippen molar-refractivity contribution >= 4 is 64.8 Å². The number of hydrogen-bond acceptors (Lipinski definition) is 18. The molecule has 4 aliphatic rings. The number of rotatable bonds is 9.